The molecular formula is C22H17NO4. The van der Waals surface area contributed by atoms with Gasteiger partial charge in [0, 0.05) is 17.7 Å². The van der Waals surface area contributed by atoms with Gasteiger partial charge in [-0.25, -0.2) is 4.79 Å². The minimum atomic E-state index is -0.509. The van der Waals surface area contributed by atoms with E-state index in [1.807, 2.05) is 25.1 Å². The molecule has 0 fully saturated rings. The van der Waals surface area contributed by atoms with E-state index in [4.69, 9.17) is 4.74 Å². The average molecular weight is 359 g/mol. The molecule has 0 atom stereocenters. The first-order valence-corrected chi connectivity index (χ1v) is 8.58. The van der Waals surface area contributed by atoms with Gasteiger partial charge in [0.15, 0.2) is 0 Å². The highest BCUT2D eigenvalue weighted by Crippen LogP contribution is 2.43. The minimum absolute atomic E-state index is 0.0524. The predicted octanol–water partition coefficient (Wildman–Crippen LogP) is 4.93. The van der Waals surface area contributed by atoms with Crippen molar-refractivity contribution in [3.05, 3.63) is 87.0 Å². The molecule has 3 aromatic carbocycles. The van der Waals surface area contributed by atoms with Crippen LogP contribution in [0.15, 0.2) is 54.6 Å². The highest BCUT2D eigenvalue weighted by atomic mass is 16.6. The molecule has 0 saturated heterocycles. The number of esters is 1. The lowest BCUT2D eigenvalue weighted by atomic mass is 9.90. The molecule has 0 radical (unpaired) electrons. The SMILES string of the molecule is COC(=O)c1ccc([N+](=O)[O-])cc1-c1cc(C)cc2c1Cc1ccccc1-2. The molecule has 134 valence electrons. The summed E-state index contributed by atoms with van der Waals surface area (Å²) in [5, 5.41) is 11.3. The Bertz CT molecular complexity index is 1100. The number of benzene rings is 3. The summed E-state index contributed by atoms with van der Waals surface area (Å²) in [5.74, 6) is -0.509. The second-order valence-corrected chi connectivity index (χ2v) is 6.65. The predicted molar refractivity (Wildman–Crippen MR) is 103 cm³/mol. The first-order valence-electron chi connectivity index (χ1n) is 8.58. The van der Waals surface area contributed by atoms with E-state index in [0.29, 0.717) is 11.1 Å². The smallest absolute Gasteiger partial charge is 0.338 e. The van der Waals surface area contributed by atoms with Gasteiger partial charge in [0.25, 0.3) is 5.69 Å². The number of ether oxygens (including phenoxy) is 1. The number of nitro benzene ring substituents is 1. The zero-order chi connectivity index (χ0) is 19.1. The number of carbonyl (C=O) groups is 1. The van der Waals surface area contributed by atoms with Crippen LogP contribution in [0.5, 0.6) is 0 Å². The summed E-state index contributed by atoms with van der Waals surface area (Å²) in [6, 6.07) is 16.5. The van der Waals surface area contributed by atoms with Gasteiger partial charge in [-0.1, -0.05) is 36.4 Å². The monoisotopic (exact) mass is 359 g/mol. The second kappa shape index (κ2) is 6.36. The molecule has 0 aliphatic heterocycles. The summed E-state index contributed by atoms with van der Waals surface area (Å²) in [6.45, 7) is 1.99. The van der Waals surface area contributed by atoms with Crippen molar-refractivity contribution in [1.29, 1.82) is 0 Å². The lowest BCUT2D eigenvalue weighted by Crippen LogP contribution is -2.05. The van der Waals surface area contributed by atoms with Crippen molar-refractivity contribution in [3.8, 4) is 22.3 Å². The van der Waals surface area contributed by atoms with Crippen LogP contribution in [-0.4, -0.2) is 18.0 Å². The lowest BCUT2D eigenvalue weighted by molar-refractivity contribution is -0.384. The van der Waals surface area contributed by atoms with Crippen LogP contribution in [0.1, 0.15) is 27.0 Å². The molecule has 0 saturated carbocycles. The van der Waals surface area contributed by atoms with E-state index in [-0.39, 0.29) is 5.69 Å². The van der Waals surface area contributed by atoms with Gasteiger partial charge in [-0.3, -0.25) is 10.1 Å². The molecule has 0 aromatic heterocycles. The molecule has 1 aliphatic carbocycles. The van der Waals surface area contributed by atoms with E-state index in [1.165, 1.54) is 36.4 Å². The second-order valence-electron chi connectivity index (χ2n) is 6.65. The minimum Gasteiger partial charge on any atom is -0.465 e. The van der Waals surface area contributed by atoms with Crippen molar-refractivity contribution in [2.45, 2.75) is 13.3 Å². The third-order valence-electron chi connectivity index (χ3n) is 4.98. The summed E-state index contributed by atoms with van der Waals surface area (Å²) in [5.41, 5.74) is 7.24. The standard InChI is InChI=1S/C22H17NO4/c1-13-9-18-16-6-4-3-5-14(16)11-20(18)19(10-13)21-12-15(23(25)26)7-8-17(21)22(24)27-2/h3-10,12H,11H2,1-2H3. The van der Waals surface area contributed by atoms with Crippen LogP contribution in [0.4, 0.5) is 5.69 Å². The molecular weight excluding hydrogens is 342 g/mol. The first kappa shape index (κ1) is 17.0. The van der Waals surface area contributed by atoms with E-state index < -0.39 is 10.9 Å². The van der Waals surface area contributed by atoms with Crippen molar-refractivity contribution >= 4 is 11.7 Å². The van der Waals surface area contributed by atoms with E-state index >= 15 is 0 Å². The van der Waals surface area contributed by atoms with Crippen molar-refractivity contribution < 1.29 is 14.5 Å². The van der Waals surface area contributed by atoms with Crippen LogP contribution < -0.4 is 0 Å². The number of aryl methyl sites for hydroxylation is 1. The van der Waals surface area contributed by atoms with Crippen LogP contribution in [0, 0.1) is 17.0 Å². The van der Waals surface area contributed by atoms with Gasteiger partial charge in [-0.15, -0.1) is 0 Å². The Labute approximate surface area is 156 Å². The average Bonchev–Trinajstić information content (AvgIpc) is 3.04. The Morgan fingerprint density at radius 1 is 1.00 bits per heavy atom. The summed E-state index contributed by atoms with van der Waals surface area (Å²) < 4.78 is 4.90. The van der Waals surface area contributed by atoms with Crippen LogP contribution in [-0.2, 0) is 11.2 Å². The Morgan fingerprint density at radius 2 is 1.70 bits per heavy atom. The number of hydrogen-bond acceptors (Lipinski definition) is 4. The number of non-ortho nitro benzene ring substituents is 1. The number of rotatable bonds is 3. The zero-order valence-electron chi connectivity index (χ0n) is 15.0. The molecule has 0 heterocycles. The Balaban J connectivity index is 2.00. The molecule has 0 bridgehead atoms. The van der Waals surface area contributed by atoms with Gasteiger partial charge in [0.2, 0.25) is 0 Å². The number of fused-ring (bicyclic) bond motifs is 3. The number of methoxy groups -OCH3 is 1. The van der Waals surface area contributed by atoms with Crippen molar-refractivity contribution in [2.75, 3.05) is 7.11 Å². The van der Waals surface area contributed by atoms with Crippen LogP contribution >= 0.6 is 0 Å². The fourth-order valence-corrected chi connectivity index (χ4v) is 3.77. The molecule has 4 rings (SSSR count). The van der Waals surface area contributed by atoms with Gasteiger partial charge in [-0.05, 0) is 52.8 Å². The highest BCUT2D eigenvalue weighted by Gasteiger charge is 2.25. The molecule has 3 aromatic rings. The van der Waals surface area contributed by atoms with E-state index in [9.17, 15) is 14.9 Å². The molecule has 27 heavy (non-hydrogen) atoms. The van der Waals surface area contributed by atoms with Gasteiger partial charge >= 0.3 is 5.97 Å². The molecule has 5 heteroatoms. The summed E-state index contributed by atoms with van der Waals surface area (Å²) >= 11 is 0. The molecule has 0 unspecified atom stereocenters. The number of nitro groups is 1. The van der Waals surface area contributed by atoms with E-state index in [2.05, 4.69) is 18.2 Å². The van der Waals surface area contributed by atoms with E-state index in [1.54, 1.807) is 0 Å². The summed E-state index contributed by atoms with van der Waals surface area (Å²) in [4.78, 5) is 23.2. The summed E-state index contributed by atoms with van der Waals surface area (Å²) in [6.07, 6.45) is 0.727. The number of nitrogens with zero attached hydrogens (tertiary/aromatic N) is 1. The third kappa shape index (κ3) is 2.77. The Morgan fingerprint density at radius 3 is 2.41 bits per heavy atom. The normalized spacial score (nSPS) is 11.6. The molecule has 0 amide bonds. The number of carbonyl (C=O) groups excluding carboxylic acids is 1. The fourth-order valence-electron chi connectivity index (χ4n) is 3.77. The number of hydrogen-bond donors (Lipinski definition) is 0. The van der Waals surface area contributed by atoms with Crippen molar-refractivity contribution in [2.24, 2.45) is 0 Å². The van der Waals surface area contributed by atoms with Crippen LogP contribution in [0.25, 0.3) is 22.3 Å². The van der Waals surface area contributed by atoms with Crippen LogP contribution in [0.3, 0.4) is 0 Å². The molecule has 1 aliphatic rings. The van der Waals surface area contributed by atoms with Gasteiger partial charge in [0.05, 0.1) is 17.6 Å². The maximum absolute atomic E-state index is 12.3. The first-order chi connectivity index (χ1) is 13.0. The summed E-state index contributed by atoms with van der Waals surface area (Å²) in [7, 11) is 1.31. The van der Waals surface area contributed by atoms with E-state index in [0.717, 1.165) is 28.7 Å². The quantitative estimate of drug-likeness (QED) is 0.295. The molecule has 5 nitrogen and oxygen atoms in total. The largest absolute Gasteiger partial charge is 0.465 e. The van der Waals surface area contributed by atoms with Gasteiger partial charge < -0.3 is 4.74 Å². The van der Waals surface area contributed by atoms with Gasteiger partial charge in [0.1, 0.15) is 0 Å². The molecule has 0 N–H and O–H groups in total. The highest BCUT2D eigenvalue weighted by molar-refractivity contribution is 5.99. The zero-order valence-corrected chi connectivity index (χ0v) is 15.0. The van der Waals surface area contributed by atoms with Crippen LogP contribution in [0.2, 0.25) is 0 Å². The third-order valence-corrected chi connectivity index (χ3v) is 4.98. The maximum Gasteiger partial charge on any atom is 0.338 e. The maximum atomic E-state index is 12.3. The topological polar surface area (TPSA) is 69.4 Å². The van der Waals surface area contributed by atoms with Crippen molar-refractivity contribution in [1.82, 2.24) is 0 Å². The van der Waals surface area contributed by atoms with Gasteiger partial charge in [-0.2, -0.15) is 0 Å². The molecule has 0 spiro atoms. The Kier molecular flexibility index (Phi) is 4.00. The Hall–Kier alpha value is -3.47. The van der Waals surface area contributed by atoms with Crippen molar-refractivity contribution in [3.63, 3.8) is 0 Å². The lowest BCUT2D eigenvalue weighted by Gasteiger charge is -2.14. The fraction of sp³-hybridized carbons (Fsp3) is 0.136.